The summed E-state index contributed by atoms with van der Waals surface area (Å²) in [5.74, 6) is 0. The van der Waals surface area contributed by atoms with Crippen LogP contribution in [0.2, 0.25) is 0 Å². The largest absolute Gasteiger partial charge is 0.368 e. The lowest BCUT2D eigenvalue weighted by Crippen LogP contribution is -1.83. The van der Waals surface area contributed by atoms with Crippen LogP contribution in [0.4, 0.5) is 0 Å². The van der Waals surface area contributed by atoms with Crippen molar-refractivity contribution in [2.75, 3.05) is 6.61 Å². The van der Waals surface area contributed by atoms with Crippen LogP contribution in [0, 0.1) is 6.92 Å². The molecule has 1 saturated heterocycles. The van der Waals surface area contributed by atoms with E-state index in [0.717, 1.165) is 11.1 Å². The van der Waals surface area contributed by atoms with E-state index >= 15 is 0 Å². The van der Waals surface area contributed by atoms with Crippen molar-refractivity contribution >= 4 is 15.9 Å². The Bertz CT molecular complexity index is 279. The van der Waals surface area contributed by atoms with Crippen molar-refractivity contribution in [2.24, 2.45) is 0 Å². The van der Waals surface area contributed by atoms with Crippen LogP contribution in [0.25, 0.3) is 0 Å². The lowest BCUT2D eigenvalue weighted by molar-refractivity contribution is 0.415. The Labute approximate surface area is 74.5 Å². The van der Waals surface area contributed by atoms with Crippen LogP contribution < -0.4 is 0 Å². The molecule has 0 amide bonds. The van der Waals surface area contributed by atoms with E-state index in [-0.39, 0.29) is 0 Å². The van der Waals surface area contributed by atoms with E-state index in [4.69, 9.17) is 4.74 Å². The Morgan fingerprint density at radius 3 is 2.91 bits per heavy atom. The van der Waals surface area contributed by atoms with E-state index in [1.54, 1.807) is 0 Å². The van der Waals surface area contributed by atoms with Crippen molar-refractivity contribution in [3.05, 3.63) is 33.8 Å². The smallest absolute Gasteiger partial charge is 0.107 e. The van der Waals surface area contributed by atoms with Gasteiger partial charge in [0.15, 0.2) is 0 Å². The number of hydrogen-bond donors (Lipinski definition) is 0. The van der Waals surface area contributed by atoms with E-state index in [9.17, 15) is 0 Å². The minimum absolute atomic E-state index is 0.351. The molecule has 1 aromatic carbocycles. The summed E-state index contributed by atoms with van der Waals surface area (Å²) in [4.78, 5) is 0. The molecule has 0 spiro atoms. The van der Waals surface area contributed by atoms with Crippen LogP contribution >= 0.6 is 15.9 Å². The van der Waals surface area contributed by atoms with Gasteiger partial charge in [0.05, 0.1) is 6.61 Å². The second kappa shape index (κ2) is 2.61. The van der Waals surface area contributed by atoms with Crippen LogP contribution in [0.3, 0.4) is 0 Å². The predicted molar refractivity (Wildman–Crippen MR) is 47.6 cm³/mol. The zero-order valence-electron chi connectivity index (χ0n) is 6.30. The van der Waals surface area contributed by atoms with Crippen molar-refractivity contribution in [3.8, 4) is 0 Å². The van der Waals surface area contributed by atoms with Gasteiger partial charge in [-0.05, 0) is 18.6 Å². The first-order valence-electron chi connectivity index (χ1n) is 3.65. The number of aryl methyl sites for hydroxylation is 1. The van der Waals surface area contributed by atoms with E-state index < -0.39 is 0 Å². The molecule has 1 heterocycles. The molecule has 1 aliphatic heterocycles. The molecule has 0 radical (unpaired) electrons. The first-order valence-corrected chi connectivity index (χ1v) is 4.44. The summed E-state index contributed by atoms with van der Waals surface area (Å²) < 4.78 is 6.36. The normalized spacial score (nSPS) is 21.8. The van der Waals surface area contributed by atoms with Crippen molar-refractivity contribution in [1.29, 1.82) is 0 Å². The standard InChI is InChI=1S/C9H9BrO/c1-6-2-3-8(10)7(4-6)9-5-11-9/h2-4,9H,5H2,1H3. The van der Waals surface area contributed by atoms with Crippen LogP contribution in [0.1, 0.15) is 17.2 Å². The molecule has 0 aliphatic carbocycles. The first-order chi connectivity index (χ1) is 5.27. The molecule has 0 bridgehead atoms. The number of benzene rings is 1. The number of halogens is 1. The second-order valence-electron chi connectivity index (χ2n) is 2.85. The van der Waals surface area contributed by atoms with Crippen LogP contribution in [-0.2, 0) is 4.74 Å². The monoisotopic (exact) mass is 212 g/mol. The molecule has 0 aromatic heterocycles. The number of rotatable bonds is 1. The van der Waals surface area contributed by atoms with Crippen molar-refractivity contribution in [3.63, 3.8) is 0 Å². The quantitative estimate of drug-likeness (QED) is 0.653. The molecule has 2 rings (SSSR count). The molecule has 0 N–H and O–H groups in total. The van der Waals surface area contributed by atoms with Crippen molar-refractivity contribution < 1.29 is 4.74 Å². The summed E-state index contributed by atoms with van der Waals surface area (Å²) in [6.45, 7) is 2.97. The minimum Gasteiger partial charge on any atom is -0.368 e. The summed E-state index contributed by atoms with van der Waals surface area (Å²) in [5, 5.41) is 0. The van der Waals surface area contributed by atoms with Crippen LogP contribution in [0.15, 0.2) is 22.7 Å². The summed E-state index contributed by atoms with van der Waals surface area (Å²) in [6.07, 6.45) is 0.351. The molecule has 1 atom stereocenters. The van der Waals surface area contributed by atoms with Gasteiger partial charge in [-0.15, -0.1) is 0 Å². The Hall–Kier alpha value is -0.340. The third kappa shape index (κ3) is 1.47. The van der Waals surface area contributed by atoms with E-state index in [2.05, 4.69) is 41.1 Å². The minimum atomic E-state index is 0.351. The summed E-state index contributed by atoms with van der Waals surface area (Å²) in [6, 6.07) is 6.34. The zero-order valence-corrected chi connectivity index (χ0v) is 7.89. The summed E-state index contributed by atoms with van der Waals surface area (Å²) >= 11 is 3.49. The Morgan fingerprint density at radius 2 is 2.27 bits per heavy atom. The van der Waals surface area contributed by atoms with Crippen molar-refractivity contribution in [1.82, 2.24) is 0 Å². The highest BCUT2D eigenvalue weighted by Gasteiger charge is 2.26. The SMILES string of the molecule is Cc1ccc(Br)c(C2CO2)c1. The Morgan fingerprint density at radius 1 is 1.55 bits per heavy atom. The molecular formula is C9H9BrO. The molecule has 1 aliphatic rings. The number of epoxide rings is 1. The lowest BCUT2D eigenvalue weighted by Gasteiger charge is -2.00. The van der Waals surface area contributed by atoms with Crippen molar-refractivity contribution in [2.45, 2.75) is 13.0 Å². The highest BCUT2D eigenvalue weighted by Crippen LogP contribution is 2.35. The Kier molecular flexibility index (Phi) is 1.74. The van der Waals surface area contributed by atoms with Gasteiger partial charge in [-0.1, -0.05) is 33.6 Å². The lowest BCUT2D eigenvalue weighted by atomic mass is 10.1. The molecule has 0 saturated carbocycles. The molecule has 1 fully saturated rings. The topological polar surface area (TPSA) is 12.5 Å². The third-order valence-electron chi connectivity index (χ3n) is 1.83. The highest BCUT2D eigenvalue weighted by molar-refractivity contribution is 9.10. The number of hydrogen-bond acceptors (Lipinski definition) is 1. The predicted octanol–water partition coefficient (Wildman–Crippen LogP) is 2.83. The molecule has 1 aromatic rings. The zero-order chi connectivity index (χ0) is 7.84. The fourth-order valence-electron chi connectivity index (χ4n) is 1.14. The average Bonchev–Trinajstić information content (AvgIpc) is 2.76. The van der Waals surface area contributed by atoms with Gasteiger partial charge in [0.25, 0.3) is 0 Å². The van der Waals surface area contributed by atoms with Gasteiger partial charge in [-0.2, -0.15) is 0 Å². The molecule has 1 nitrogen and oxygen atoms in total. The molecule has 11 heavy (non-hydrogen) atoms. The Balaban J connectivity index is 2.42. The van der Waals surface area contributed by atoms with Gasteiger partial charge in [0.2, 0.25) is 0 Å². The molecule has 58 valence electrons. The van der Waals surface area contributed by atoms with Gasteiger partial charge in [0.1, 0.15) is 6.10 Å². The molecule has 2 heteroatoms. The van der Waals surface area contributed by atoms with Gasteiger partial charge < -0.3 is 4.74 Å². The fraction of sp³-hybridized carbons (Fsp3) is 0.333. The number of ether oxygens (including phenoxy) is 1. The highest BCUT2D eigenvalue weighted by atomic mass is 79.9. The third-order valence-corrected chi connectivity index (χ3v) is 2.55. The summed E-state index contributed by atoms with van der Waals surface area (Å²) in [7, 11) is 0. The fourth-order valence-corrected chi connectivity index (χ4v) is 1.64. The van der Waals surface area contributed by atoms with Gasteiger partial charge in [0, 0.05) is 4.47 Å². The summed E-state index contributed by atoms with van der Waals surface area (Å²) in [5.41, 5.74) is 2.57. The van der Waals surface area contributed by atoms with E-state index in [0.29, 0.717) is 6.10 Å². The maximum atomic E-state index is 5.20. The van der Waals surface area contributed by atoms with Crippen LogP contribution in [-0.4, -0.2) is 6.61 Å². The van der Waals surface area contributed by atoms with E-state index in [1.165, 1.54) is 11.1 Å². The molecule has 1 unspecified atom stereocenters. The average molecular weight is 213 g/mol. The van der Waals surface area contributed by atoms with Gasteiger partial charge in [-0.25, -0.2) is 0 Å². The van der Waals surface area contributed by atoms with Gasteiger partial charge >= 0.3 is 0 Å². The van der Waals surface area contributed by atoms with E-state index in [1.807, 2.05) is 0 Å². The molecular weight excluding hydrogens is 204 g/mol. The maximum Gasteiger partial charge on any atom is 0.107 e. The van der Waals surface area contributed by atoms with Crippen LogP contribution in [0.5, 0.6) is 0 Å². The van der Waals surface area contributed by atoms with Gasteiger partial charge in [-0.3, -0.25) is 0 Å². The maximum absolute atomic E-state index is 5.20. The first kappa shape index (κ1) is 7.32. The second-order valence-corrected chi connectivity index (χ2v) is 3.70.